The van der Waals surface area contributed by atoms with Crippen LogP contribution in [0.2, 0.25) is 0 Å². The first kappa shape index (κ1) is 18.7. The molecule has 2 nitrogen and oxygen atoms in total. The predicted octanol–water partition coefficient (Wildman–Crippen LogP) is 5.91. The highest BCUT2D eigenvalue weighted by Crippen LogP contribution is 2.39. The largest absolute Gasteiger partial charge is 0.366 e. The van der Waals surface area contributed by atoms with Crippen LogP contribution in [0.3, 0.4) is 0 Å². The molecule has 138 valence electrons. The highest BCUT2D eigenvalue weighted by Gasteiger charge is 2.26. The van der Waals surface area contributed by atoms with Gasteiger partial charge in [0.25, 0.3) is 0 Å². The summed E-state index contributed by atoms with van der Waals surface area (Å²) in [6.45, 7) is 6.71. The Morgan fingerprint density at radius 3 is 2.27 bits per heavy atom. The Labute approximate surface area is 157 Å². The minimum atomic E-state index is -0.364. The van der Waals surface area contributed by atoms with Crippen molar-refractivity contribution in [1.29, 1.82) is 0 Å². The van der Waals surface area contributed by atoms with Gasteiger partial charge in [-0.3, -0.25) is 4.79 Å². The Kier molecular flexibility index (Phi) is 5.50. The van der Waals surface area contributed by atoms with Crippen LogP contribution < -0.4 is 5.73 Å². The average Bonchev–Trinajstić information content (AvgIpc) is 2.61. The molecule has 0 heterocycles. The Morgan fingerprint density at radius 1 is 1.04 bits per heavy atom. The number of rotatable bonds is 5. The van der Waals surface area contributed by atoms with Crippen molar-refractivity contribution in [2.24, 2.45) is 17.1 Å². The van der Waals surface area contributed by atoms with Crippen molar-refractivity contribution in [3.63, 3.8) is 0 Å². The maximum absolute atomic E-state index is 11.6. The van der Waals surface area contributed by atoms with E-state index in [1.807, 2.05) is 19.1 Å². The van der Waals surface area contributed by atoms with Crippen molar-refractivity contribution in [2.75, 3.05) is 0 Å². The number of carbonyl (C=O) groups is 1. The van der Waals surface area contributed by atoms with E-state index in [0.29, 0.717) is 11.0 Å². The molecular weight excluding hydrogens is 318 g/mol. The maximum Gasteiger partial charge on any atom is 0.248 e. The fourth-order valence-electron chi connectivity index (χ4n) is 4.05. The van der Waals surface area contributed by atoms with Gasteiger partial charge in [0.15, 0.2) is 0 Å². The zero-order chi connectivity index (χ0) is 18.7. The highest BCUT2D eigenvalue weighted by molar-refractivity contribution is 5.95. The van der Waals surface area contributed by atoms with Crippen LogP contribution in [0.1, 0.15) is 67.4 Å². The van der Waals surface area contributed by atoms with Gasteiger partial charge in [0.2, 0.25) is 5.91 Å². The summed E-state index contributed by atoms with van der Waals surface area (Å²) in [5.74, 6) is 0.523. The Morgan fingerprint density at radius 2 is 1.65 bits per heavy atom. The van der Waals surface area contributed by atoms with E-state index in [0.717, 1.165) is 29.0 Å². The molecule has 1 amide bonds. The fourth-order valence-corrected chi connectivity index (χ4v) is 4.05. The second-order valence-electron chi connectivity index (χ2n) is 8.74. The lowest BCUT2D eigenvalue weighted by Crippen LogP contribution is -2.21. The average molecular weight is 350 g/mol. The molecule has 0 spiro atoms. The Hall–Kier alpha value is -2.09. The normalized spacial score (nSPS) is 17.2. The minimum absolute atomic E-state index is 0.364. The summed E-state index contributed by atoms with van der Waals surface area (Å²) in [5.41, 5.74) is 11.1. The first-order chi connectivity index (χ1) is 12.3. The standard InChI is InChI=1S/C24H31NO/c1-17-4-9-21(16-22(17)23(25)26)20-10-7-18(8-11-20)5-6-19-12-14-24(2,3)15-13-19/h4,7-11,16,19H,5-6,12-15H2,1-3H3,(H2,25,26). The van der Waals surface area contributed by atoms with E-state index in [2.05, 4.69) is 44.2 Å². The van der Waals surface area contributed by atoms with Crippen LogP contribution in [0.5, 0.6) is 0 Å². The third-order valence-electron chi connectivity index (χ3n) is 6.09. The van der Waals surface area contributed by atoms with Gasteiger partial charge in [-0.2, -0.15) is 0 Å². The molecule has 1 fully saturated rings. The summed E-state index contributed by atoms with van der Waals surface area (Å²) >= 11 is 0. The van der Waals surface area contributed by atoms with E-state index in [1.54, 1.807) is 0 Å². The molecule has 0 aromatic heterocycles. The quantitative estimate of drug-likeness (QED) is 0.716. The lowest BCUT2D eigenvalue weighted by atomic mass is 9.72. The van der Waals surface area contributed by atoms with Crippen molar-refractivity contribution in [3.8, 4) is 11.1 Å². The lowest BCUT2D eigenvalue weighted by molar-refractivity contribution is 0.0999. The number of hydrogen-bond acceptors (Lipinski definition) is 1. The monoisotopic (exact) mass is 349 g/mol. The summed E-state index contributed by atoms with van der Waals surface area (Å²) in [4.78, 5) is 11.6. The van der Waals surface area contributed by atoms with Gasteiger partial charge in [0, 0.05) is 5.56 Å². The van der Waals surface area contributed by atoms with Crippen LogP contribution in [0.15, 0.2) is 42.5 Å². The number of carbonyl (C=O) groups excluding carboxylic acids is 1. The second-order valence-corrected chi connectivity index (χ2v) is 8.74. The molecule has 3 rings (SSSR count). The Balaban J connectivity index is 1.62. The molecule has 1 aliphatic rings. The Bertz CT molecular complexity index is 763. The SMILES string of the molecule is Cc1ccc(-c2ccc(CCC3CCC(C)(C)CC3)cc2)cc1C(N)=O. The molecule has 0 saturated heterocycles. The third-order valence-corrected chi connectivity index (χ3v) is 6.09. The molecule has 0 aliphatic heterocycles. The van der Waals surface area contributed by atoms with Crippen LogP contribution in [-0.4, -0.2) is 5.91 Å². The summed E-state index contributed by atoms with van der Waals surface area (Å²) < 4.78 is 0. The predicted molar refractivity (Wildman–Crippen MR) is 109 cm³/mol. The van der Waals surface area contributed by atoms with Crippen LogP contribution in [0.25, 0.3) is 11.1 Å². The number of nitrogens with two attached hydrogens (primary N) is 1. The van der Waals surface area contributed by atoms with E-state index in [-0.39, 0.29) is 5.91 Å². The van der Waals surface area contributed by atoms with Crippen molar-refractivity contribution in [3.05, 3.63) is 59.2 Å². The van der Waals surface area contributed by atoms with E-state index in [4.69, 9.17) is 5.73 Å². The molecule has 0 bridgehead atoms. The van der Waals surface area contributed by atoms with Crippen LogP contribution in [-0.2, 0) is 6.42 Å². The van der Waals surface area contributed by atoms with Crippen molar-refractivity contribution in [2.45, 2.75) is 59.3 Å². The van der Waals surface area contributed by atoms with E-state index < -0.39 is 0 Å². The van der Waals surface area contributed by atoms with Crippen molar-refractivity contribution >= 4 is 5.91 Å². The maximum atomic E-state index is 11.6. The van der Waals surface area contributed by atoms with Crippen molar-refractivity contribution in [1.82, 2.24) is 0 Å². The number of benzene rings is 2. The van der Waals surface area contributed by atoms with Gasteiger partial charge >= 0.3 is 0 Å². The minimum Gasteiger partial charge on any atom is -0.366 e. The highest BCUT2D eigenvalue weighted by atomic mass is 16.1. The molecular formula is C24H31NO. The summed E-state index contributed by atoms with van der Waals surface area (Å²) in [5, 5.41) is 0. The van der Waals surface area contributed by atoms with Gasteiger partial charge in [-0.05, 0) is 85.1 Å². The number of primary amides is 1. The molecule has 1 aliphatic carbocycles. The van der Waals surface area contributed by atoms with Gasteiger partial charge in [-0.1, -0.05) is 50.2 Å². The zero-order valence-electron chi connectivity index (χ0n) is 16.3. The van der Waals surface area contributed by atoms with E-state index in [1.165, 1.54) is 37.7 Å². The van der Waals surface area contributed by atoms with Crippen LogP contribution >= 0.6 is 0 Å². The van der Waals surface area contributed by atoms with Crippen molar-refractivity contribution < 1.29 is 4.79 Å². The van der Waals surface area contributed by atoms with Gasteiger partial charge in [-0.15, -0.1) is 0 Å². The molecule has 26 heavy (non-hydrogen) atoms. The van der Waals surface area contributed by atoms with Gasteiger partial charge in [0.05, 0.1) is 0 Å². The smallest absolute Gasteiger partial charge is 0.248 e. The zero-order valence-corrected chi connectivity index (χ0v) is 16.3. The summed E-state index contributed by atoms with van der Waals surface area (Å²) in [7, 11) is 0. The molecule has 2 heteroatoms. The molecule has 2 N–H and O–H groups in total. The van der Waals surface area contributed by atoms with E-state index >= 15 is 0 Å². The number of hydrogen-bond donors (Lipinski definition) is 1. The molecule has 0 radical (unpaired) electrons. The number of aryl methyl sites for hydroxylation is 2. The summed E-state index contributed by atoms with van der Waals surface area (Å²) in [6.07, 6.45) is 7.95. The first-order valence-corrected chi connectivity index (χ1v) is 9.84. The number of amides is 1. The van der Waals surface area contributed by atoms with E-state index in [9.17, 15) is 4.79 Å². The molecule has 0 unspecified atom stereocenters. The fraction of sp³-hybridized carbons (Fsp3) is 0.458. The summed E-state index contributed by atoms with van der Waals surface area (Å²) in [6, 6.07) is 14.7. The van der Waals surface area contributed by atoms with Crippen LogP contribution in [0.4, 0.5) is 0 Å². The first-order valence-electron chi connectivity index (χ1n) is 9.84. The second kappa shape index (κ2) is 7.65. The molecule has 2 aromatic rings. The molecule has 0 atom stereocenters. The van der Waals surface area contributed by atoms with Crippen LogP contribution in [0, 0.1) is 18.3 Å². The molecule has 2 aromatic carbocycles. The third kappa shape index (κ3) is 4.55. The molecule has 1 saturated carbocycles. The van der Waals surface area contributed by atoms with Gasteiger partial charge < -0.3 is 5.73 Å². The van der Waals surface area contributed by atoms with Gasteiger partial charge in [-0.25, -0.2) is 0 Å². The lowest BCUT2D eigenvalue weighted by Gasteiger charge is -2.34. The topological polar surface area (TPSA) is 43.1 Å². The van der Waals surface area contributed by atoms with Gasteiger partial charge in [0.1, 0.15) is 0 Å².